The fourth-order valence-electron chi connectivity index (χ4n) is 3.50. The Hall–Kier alpha value is 0.260. The Bertz CT molecular complexity index is 445. The van der Waals surface area contributed by atoms with E-state index in [0.29, 0.717) is 6.54 Å². The summed E-state index contributed by atoms with van der Waals surface area (Å²) in [7, 11) is -8.91. The van der Waals surface area contributed by atoms with E-state index in [9.17, 15) is 14.0 Å². The topological polar surface area (TPSA) is 107 Å². The summed E-state index contributed by atoms with van der Waals surface area (Å²) in [5, 5.41) is 1.59. The molecule has 21 heavy (non-hydrogen) atoms. The molecule has 2 aliphatic rings. The van der Waals surface area contributed by atoms with E-state index < -0.39 is 21.1 Å². The van der Waals surface area contributed by atoms with Crippen molar-refractivity contribution in [3.8, 4) is 0 Å². The van der Waals surface area contributed by atoms with Crippen LogP contribution in [0.25, 0.3) is 0 Å². The highest BCUT2D eigenvalue weighted by atomic mass is 31.2. The molecule has 1 spiro atoms. The molecule has 124 valence electrons. The summed E-state index contributed by atoms with van der Waals surface area (Å²) in [6, 6.07) is 0. The first-order valence-corrected chi connectivity index (χ1v) is 11.1. The minimum atomic E-state index is -4.58. The van der Waals surface area contributed by atoms with Crippen LogP contribution in [-0.2, 0) is 13.8 Å². The standard InChI is InChI=1S/C12H25NO6P2/c14-20(15,16)11-21(17,18)19-13-10-6-2-5-9-12(13)7-3-1-4-8-12/h1-11H2,(H,17,18)(H2,14,15,16). The van der Waals surface area contributed by atoms with Gasteiger partial charge in [-0.15, -0.1) is 0 Å². The Morgan fingerprint density at radius 2 is 1.43 bits per heavy atom. The average molecular weight is 341 g/mol. The average Bonchev–Trinajstić information content (AvgIpc) is 2.51. The second kappa shape index (κ2) is 6.79. The highest BCUT2D eigenvalue weighted by molar-refractivity contribution is 7.69. The van der Waals surface area contributed by atoms with E-state index in [1.165, 1.54) is 0 Å². The quantitative estimate of drug-likeness (QED) is 0.675. The van der Waals surface area contributed by atoms with Gasteiger partial charge >= 0.3 is 15.2 Å². The second-order valence-electron chi connectivity index (χ2n) is 6.22. The number of hydrogen-bond acceptors (Lipinski definition) is 4. The predicted octanol–water partition coefficient (Wildman–Crippen LogP) is 2.82. The smallest absolute Gasteiger partial charge is 0.324 e. The molecule has 0 aromatic carbocycles. The molecule has 0 aromatic heterocycles. The molecule has 9 heteroatoms. The Labute approximate surface area is 125 Å². The number of nitrogens with zero attached hydrogens (tertiary/aromatic N) is 1. The number of hydrogen-bond donors (Lipinski definition) is 3. The zero-order valence-electron chi connectivity index (χ0n) is 12.2. The van der Waals surface area contributed by atoms with Crippen molar-refractivity contribution in [2.75, 3.05) is 12.4 Å². The summed E-state index contributed by atoms with van der Waals surface area (Å²) in [4.78, 5) is 27.6. The molecule has 1 saturated carbocycles. The van der Waals surface area contributed by atoms with E-state index in [-0.39, 0.29) is 5.54 Å². The van der Waals surface area contributed by atoms with Gasteiger partial charge in [0.25, 0.3) is 0 Å². The van der Waals surface area contributed by atoms with E-state index in [1.807, 2.05) is 0 Å². The highest BCUT2D eigenvalue weighted by Crippen LogP contribution is 2.57. The molecule has 0 aromatic rings. The highest BCUT2D eigenvalue weighted by Gasteiger charge is 2.43. The first-order chi connectivity index (χ1) is 9.73. The lowest BCUT2D eigenvalue weighted by Gasteiger charge is -2.44. The van der Waals surface area contributed by atoms with E-state index in [0.717, 1.165) is 57.8 Å². The summed E-state index contributed by atoms with van der Waals surface area (Å²) in [6.07, 6.45) is 9.04. The van der Waals surface area contributed by atoms with Gasteiger partial charge in [0.15, 0.2) is 5.90 Å². The molecule has 0 bridgehead atoms. The number of hydroxylamine groups is 2. The van der Waals surface area contributed by atoms with Crippen LogP contribution in [0.4, 0.5) is 0 Å². The molecule has 2 fully saturated rings. The van der Waals surface area contributed by atoms with Gasteiger partial charge in [0, 0.05) is 12.1 Å². The van der Waals surface area contributed by atoms with E-state index in [4.69, 9.17) is 14.4 Å². The third-order valence-corrected chi connectivity index (χ3v) is 7.76. The SMILES string of the molecule is O=P(O)(O)CP(=O)(O)ON1CCCCCC12CCCCC2. The Morgan fingerprint density at radius 1 is 0.905 bits per heavy atom. The van der Waals surface area contributed by atoms with Crippen molar-refractivity contribution in [3.05, 3.63) is 0 Å². The molecule has 7 nitrogen and oxygen atoms in total. The van der Waals surface area contributed by atoms with Crippen LogP contribution in [0.1, 0.15) is 57.8 Å². The Morgan fingerprint density at radius 3 is 1.95 bits per heavy atom. The maximum Gasteiger partial charge on any atom is 0.356 e. The molecule has 1 aliphatic carbocycles. The molecule has 3 N–H and O–H groups in total. The van der Waals surface area contributed by atoms with Crippen LogP contribution in [-0.4, -0.2) is 37.7 Å². The van der Waals surface area contributed by atoms with Crippen LogP contribution in [0.15, 0.2) is 0 Å². The fourth-order valence-corrected chi connectivity index (χ4v) is 6.13. The molecule has 1 saturated heterocycles. The molecule has 1 aliphatic heterocycles. The third-order valence-electron chi connectivity index (χ3n) is 4.41. The summed E-state index contributed by atoms with van der Waals surface area (Å²) >= 11 is 0. The first-order valence-electron chi connectivity index (χ1n) is 7.56. The summed E-state index contributed by atoms with van der Waals surface area (Å²) < 4.78 is 28.3. The molecular formula is C12H25NO6P2. The van der Waals surface area contributed by atoms with Crippen LogP contribution in [0, 0.1) is 0 Å². The molecule has 1 heterocycles. The maximum atomic E-state index is 12.0. The van der Waals surface area contributed by atoms with Crippen molar-refractivity contribution in [1.82, 2.24) is 5.06 Å². The van der Waals surface area contributed by atoms with Crippen molar-refractivity contribution in [1.29, 1.82) is 0 Å². The Kier molecular flexibility index (Phi) is 5.70. The minimum absolute atomic E-state index is 0.234. The summed E-state index contributed by atoms with van der Waals surface area (Å²) in [6.45, 7) is 0.547. The van der Waals surface area contributed by atoms with Crippen LogP contribution < -0.4 is 0 Å². The third kappa shape index (κ3) is 5.14. The molecule has 0 radical (unpaired) electrons. The van der Waals surface area contributed by atoms with Crippen molar-refractivity contribution >= 4 is 15.2 Å². The lowest BCUT2D eigenvalue weighted by Crippen LogP contribution is -2.49. The molecular weight excluding hydrogens is 316 g/mol. The van der Waals surface area contributed by atoms with Crippen molar-refractivity contribution in [2.24, 2.45) is 0 Å². The van der Waals surface area contributed by atoms with Crippen LogP contribution in [0.5, 0.6) is 0 Å². The molecule has 0 amide bonds. The van der Waals surface area contributed by atoms with Gasteiger partial charge < -0.3 is 14.7 Å². The van der Waals surface area contributed by atoms with Crippen LogP contribution in [0.3, 0.4) is 0 Å². The lowest BCUT2D eigenvalue weighted by atomic mass is 9.78. The van der Waals surface area contributed by atoms with Crippen molar-refractivity contribution in [2.45, 2.75) is 63.3 Å². The van der Waals surface area contributed by atoms with Gasteiger partial charge in [-0.25, -0.2) is 4.62 Å². The van der Waals surface area contributed by atoms with Gasteiger partial charge in [-0.1, -0.05) is 32.1 Å². The zero-order valence-corrected chi connectivity index (χ0v) is 14.0. The number of rotatable bonds is 4. The Balaban J connectivity index is 2.13. The monoisotopic (exact) mass is 341 g/mol. The van der Waals surface area contributed by atoms with Gasteiger partial charge in [0.2, 0.25) is 0 Å². The molecule has 2 rings (SSSR count). The van der Waals surface area contributed by atoms with Crippen molar-refractivity contribution in [3.63, 3.8) is 0 Å². The van der Waals surface area contributed by atoms with Crippen LogP contribution in [0.2, 0.25) is 0 Å². The largest absolute Gasteiger partial charge is 0.356 e. The first kappa shape index (κ1) is 17.6. The maximum absolute atomic E-state index is 12.0. The van der Waals surface area contributed by atoms with Gasteiger partial charge in [-0.2, -0.15) is 5.06 Å². The van der Waals surface area contributed by atoms with Gasteiger partial charge in [-0.3, -0.25) is 9.13 Å². The minimum Gasteiger partial charge on any atom is -0.324 e. The lowest BCUT2D eigenvalue weighted by molar-refractivity contribution is -0.161. The summed E-state index contributed by atoms with van der Waals surface area (Å²) in [5.74, 6) is -1.12. The second-order valence-corrected chi connectivity index (χ2v) is 10.1. The van der Waals surface area contributed by atoms with E-state index in [1.54, 1.807) is 5.06 Å². The van der Waals surface area contributed by atoms with E-state index in [2.05, 4.69) is 0 Å². The zero-order chi connectivity index (χ0) is 15.6. The van der Waals surface area contributed by atoms with Gasteiger partial charge in [0.1, 0.15) is 0 Å². The fraction of sp³-hybridized carbons (Fsp3) is 1.00. The van der Waals surface area contributed by atoms with Crippen LogP contribution >= 0.6 is 15.2 Å². The normalized spacial score (nSPS) is 27.2. The van der Waals surface area contributed by atoms with Crippen molar-refractivity contribution < 1.29 is 28.4 Å². The van der Waals surface area contributed by atoms with Gasteiger partial charge in [-0.05, 0) is 25.7 Å². The molecule has 1 atom stereocenters. The predicted molar refractivity (Wildman–Crippen MR) is 78.8 cm³/mol. The summed E-state index contributed by atoms with van der Waals surface area (Å²) in [5.41, 5.74) is -0.234. The molecule has 1 unspecified atom stereocenters. The van der Waals surface area contributed by atoms with E-state index >= 15 is 0 Å². The van der Waals surface area contributed by atoms with Gasteiger partial charge in [0.05, 0.1) is 0 Å².